The fourth-order valence-corrected chi connectivity index (χ4v) is 6.44. The van der Waals surface area contributed by atoms with Crippen molar-refractivity contribution in [1.82, 2.24) is 0 Å². The number of fused-ring (bicyclic) bond motifs is 1. The van der Waals surface area contributed by atoms with Crippen molar-refractivity contribution < 1.29 is 18.2 Å². The quantitative estimate of drug-likeness (QED) is 0.657. The number of carbonyl (C=O) groups excluding carboxylic acids is 2. The van der Waals surface area contributed by atoms with E-state index in [1.807, 2.05) is 38.1 Å². The maximum absolute atomic E-state index is 12.9. The summed E-state index contributed by atoms with van der Waals surface area (Å²) in [5.41, 5.74) is 2.62. The van der Waals surface area contributed by atoms with Crippen LogP contribution < -0.4 is 5.32 Å². The molecule has 5 nitrogen and oxygen atoms in total. The molecule has 1 fully saturated rings. The molecule has 1 amide bonds. The lowest BCUT2D eigenvalue weighted by Gasteiger charge is -2.27. The zero-order valence-corrected chi connectivity index (χ0v) is 19.4. The molecule has 1 N–H and O–H groups in total. The van der Waals surface area contributed by atoms with Gasteiger partial charge in [0.25, 0.3) is 5.91 Å². The normalized spacial score (nSPS) is 19.6. The topological polar surface area (TPSA) is 76.4 Å². The van der Waals surface area contributed by atoms with Gasteiger partial charge in [-0.25, -0.2) is 0 Å². The largest absolute Gasteiger partial charge is 0.455 e. The monoisotopic (exact) mass is 441 g/mol. The molecule has 6 heteroatoms. The molecule has 1 atom stereocenters. The van der Waals surface area contributed by atoms with E-state index in [1.54, 1.807) is 6.92 Å². The average molecular weight is 442 g/mol. The summed E-state index contributed by atoms with van der Waals surface area (Å²) < 4.78 is 18.6. The lowest BCUT2D eigenvalue weighted by molar-refractivity contribution is 0.0898. The predicted octanol–water partition coefficient (Wildman–Crippen LogP) is 5.58. The van der Waals surface area contributed by atoms with Gasteiger partial charge in [-0.15, -0.1) is 0 Å². The Morgan fingerprint density at radius 3 is 2.68 bits per heavy atom. The third kappa shape index (κ3) is 4.84. The Labute approximate surface area is 186 Å². The molecule has 2 aromatic rings. The van der Waals surface area contributed by atoms with E-state index in [1.165, 1.54) is 19.3 Å². The van der Waals surface area contributed by atoms with Gasteiger partial charge in [0.1, 0.15) is 5.76 Å². The van der Waals surface area contributed by atoms with Crippen molar-refractivity contribution in [3.05, 3.63) is 52.5 Å². The van der Waals surface area contributed by atoms with Gasteiger partial charge in [0, 0.05) is 45.9 Å². The van der Waals surface area contributed by atoms with Crippen molar-refractivity contribution in [2.24, 2.45) is 5.41 Å². The Balaban J connectivity index is 1.48. The van der Waals surface area contributed by atoms with Crippen LogP contribution in [0.4, 0.5) is 5.69 Å². The minimum Gasteiger partial charge on any atom is -0.455 e. The van der Waals surface area contributed by atoms with Crippen molar-refractivity contribution in [2.75, 3.05) is 5.32 Å². The predicted molar refractivity (Wildman–Crippen MR) is 123 cm³/mol. The van der Waals surface area contributed by atoms with Crippen molar-refractivity contribution in [1.29, 1.82) is 0 Å². The van der Waals surface area contributed by atoms with Crippen LogP contribution >= 0.6 is 0 Å². The highest BCUT2D eigenvalue weighted by molar-refractivity contribution is 7.84. The van der Waals surface area contributed by atoms with Gasteiger partial charge >= 0.3 is 0 Å². The number of amides is 1. The SMILES string of the molecule is Cc1c(C(=O)Nc2cccc(CS(=O)C3CCCCC3)c2)oc2c1C(=O)CC(C)(C)C2. The molecular formula is C25H31NO4S. The molecule has 0 bridgehead atoms. The molecule has 0 spiro atoms. The number of carbonyl (C=O) groups is 2. The molecule has 1 heterocycles. The molecule has 31 heavy (non-hydrogen) atoms. The van der Waals surface area contributed by atoms with Crippen molar-refractivity contribution in [3.63, 3.8) is 0 Å². The smallest absolute Gasteiger partial charge is 0.291 e. The number of furan rings is 1. The minimum atomic E-state index is -0.894. The number of hydrogen-bond donors (Lipinski definition) is 1. The number of nitrogens with one attached hydrogen (secondary N) is 1. The van der Waals surface area contributed by atoms with E-state index in [-0.39, 0.29) is 28.1 Å². The number of anilines is 1. The summed E-state index contributed by atoms with van der Waals surface area (Å²) in [6.45, 7) is 5.85. The van der Waals surface area contributed by atoms with Crippen LogP contribution in [0.3, 0.4) is 0 Å². The van der Waals surface area contributed by atoms with Gasteiger partial charge in [-0.3, -0.25) is 13.8 Å². The second-order valence-electron chi connectivity index (χ2n) is 9.73. The zero-order valence-electron chi connectivity index (χ0n) is 18.6. The minimum absolute atomic E-state index is 0.0405. The maximum atomic E-state index is 12.9. The van der Waals surface area contributed by atoms with E-state index in [9.17, 15) is 13.8 Å². The molecule has 0 saturated heterocycles. The first-order chi connectivity index (χ1) is 14.7. The van der Waals surface area contributed by atoms with E-state index in [2.05, 4.69) is 5.32 Å². The Bertz CT molecular complexity index is 1030. The molecule has 2 aliphatic rings. The molecule has 1 unspecified atom stereocenters. The first-order valence-corrected chi connectivity index (χ1v) is 12.5. The average Bonchev–Trinajstić information content (AvgIpc) is 3.04. The van der Waals surface area contributed by atoms with Crippen LogP contribution in [0.1, 0.15) is 90.2 Å². The number of benzene rings is 1. The molecule has 1 aromatic carbocycles. The number of hydrogen-bond acceptors (Lipinski definition) is 4. The van der Waals surface area contributed by atoms with E-state index < -0.39 is 10.8 Å². The first kappa shape index (κ1) is 22.0. The van der Waals surface area contributed by atoms with E-state index >= 15 is 0 Å². The molecule has 2 aliphatic carbocycles. The van der Waals surface area contributed by atoms with Gasteiger partial charge in [-0.1, -0.05) is 45.2 Å². The van der Waals surface area contributed by atoms with Crippen molar-refractivity contribution >= 4 is 28.2 Å². The van der Waals surface area contributed by atoms with Gasteiger partial charge in [0.2, 0.25) is 0 Å². The van der Waals surface area contributed by atoms with Gasteiger partial charge in [-0.2, -0.15) is 0 Å². The van der Waals surface area contributed by atoms with Crippen LogP contribution in [0, 0.1) is 12.3 Å². The highest BCUT2D eigenvalue weighted by Gasteiger charge is 2.37. The Morgan fingerprint density at radius 1 is 1.19 bits per heavy atom. The highest BCUT2D eigenvalue weighted by atomic mass is 32.2. The second kappa shape index (κ2) is 8.73. The van der Waals surface area contributed by atoms with Gasteiger partial charge < -0.3 is 9.73 Å². The number of rotatable bonds is 5. The molecule has 0 aliphatic heterocycles. The lowest BCUT2D eigenvalue weighted by Crippen LogP contribution is -2.26. The summed E-state index contributed by atoms with van der Waals surface area (Å²) in [6.07, 6.45) is 6.76. The highest BCUT2D eigenvalue weighted by Crippen LogP contribution is 2.38. The summed E-state index contributed by atoms with van der Waals surface area (Å²) in [7, 11) is -0.894. The van der Waals surface area contributed by atoms with Crippen molar-refractivity contribution in [2.45, 2.75) is 76.7 Å². The number of ketones is 1. The van der Waals surface area contributed by atoms with E-state index in [0.29, 0.717) is 41.2 Å². The third-order valence-corrected chi connectivity index (χ3v) is 8.23. The Kier molecular flexibility index (Phi) is 6.20. The first-order valence-electron chi connectivity index (χ1n) is 11.2. The van der Waals surface area contributed by atoms with Crippen molar-refractivity contribution in [3.8, 4) is 0 Å². The standard InChI is InChI=1S/C25H31NO4S/c1-16-22-20(27)13-25(2,3)14-21(22)30-23(16)24(28)26-18-9-7-8-17(12-18)15-31(29)19-10-5-4-6-11-19/h7-9,12,19H,4-6,10-11,13-15H2,1-3H3,(H,26,28). The van der Waals surface area contributed by atoms with Crippen LogP contribution in [0.25, 0.3) is 0 Å². The maximum Gasteiger partial charge on any atom is 0.291 e. The molecule has 1 aromatic heterocycles. The molecule has 4 rings (SSSR count). The molecule has 0 radical (unpaired) electrons. The fraction of sp³-hybridized carbons (Fsp3) is 0.520. The Morgan fingerprint density at radius 2 is 1.94 bits per heavy atom. The third-order valence-electron chi connectivity index (χ3n) is 6.40. The second-order valence-corrected chi connectivity index (χ2v) is 11.5. The molecular weight excluding hydrogens is 410 g/mol. The van der Waals surface area contributed by atoms with Crippen LogP contribution in [0.15, 0.2) is 28.7 Å². The van der Waals surface area contributed by atoms with Crippen LogP contribution in [-0.4, -0.2) is 21.1 Å². The van der Waals surface area contributed by atoms with Gasteiger partial charge in [-0.05, 0) is 42.9 Å². The molecule has 1 saturated carbocycles. The zero-order chi connectivity index (χ0) is 22.2. The molecule has 166 valence electrons. The van der Waals surface area contributed by atoms with Crippen LogP contribution in [-0.2, 0) is 23.0 Å². The van der Waals surface area contributed by atoms with E-state index in [0.717, 1.165) is 18.4 Å². The summed E-state index contributed by atoms with van der Waals surface area (Å²) in [5.74, 6) is 1.00. The summed E-state index contributed by atoms with van der Waals surface area (Å²) in [4.78, 5) is 25.5. The fourth-order valence-electron chi connectivity index (χ4n) is 4.84. The van der Waals surface area contributed by atoms with E-state index in [4.69, 9.17) is 4.42 Å². The van der Waals surface area contributed by atoms with Gasteiger partial charge in [0.05, 0.1) is 5.56 Å². The summed E-state index contributed by atoms with van der Waals surface area (Å²) in [6, 6.07) is 7.52. The van der Waals surface area contributed by atoms with Crippen LogP contribution in [0.5, 0.6) is 0 Å². The number of Topliss-reactive ketones (excluding diaryl/α,β-unsaturated/α-hetero) is 1. The Hall–Kier alpha value is -2.21. The summed E-state index contributed by atoms with van der Waals surface area (Å²) in [5, 5.41) is 3.18. The summed E-state index contributed by atoms with van der Waals surface area (Å²) >= 11 is 0. The van der Waals surface area contributed by atoms with Gasteiger partial charge in [0.15, 0.2) is 11.5 Å². The lowest BCUT2D eigenvalue weighted by atomic mass is 9.76. The van der Waals surface area contributed by atoms with Crippen LogP contribution in [0.2, 0.25) is 0 Å².